The van der Waals surface area contributed by atoms with Crippen LogP contribution in [0.1, 0.15) is 11.3 Å². The number of anilines is 1. The van der Waals surface area contributed by atoms with Crippen LogP contribution in [0.3, 0.4) is 0 Å². The molecular formula is C12H14BrN5S. The fraction of sp³-hybridized carbons (Fsp3) is 0.333. The number of rotatable bonds is 4. The van der Waals surface area contributed by atoms with E-state index in [1.807, 2.05) is 24.1 Å². The van der Waals surface area contributed by atoms with Gasteiger partial charge in [-0.2, -0.15) is 5.10 Å². The van der Waals surface area contributed by atoms with E-state index in [2.05, 4.69) is 49.0 Å². The van der Waals surface area contributed by atoms with Crippen molar-refractivity contribution in [1.82, 2.24) is 19.2 Å². The second-order valence-electron chi connectivity index (χ2n) is 4.45. The van der Waals surface area contributed by atoms with Crippen LogP contribution >= 0.6 is 27.3 Å². The lowest BCUT2D eigenvalue weighted by molar-refractivity contribution is 0.766. The first-order valence-corrected chi connectivity index (χ1v) is 7.88. The van der Waals surface area contributed by atoms with Crippen molar-refractivity contribution in [2.45, 2.75) is 11.9 Å². The SMILES string of the molecule is CN(Cc1cnn(C)c1)c1nc2sccn2c1CBr. The van der Waals surface area contributed by atoms with Gasteiger partial charge in [0.05, 0.1) is 11.9 Å². The highest BCUT2D eigenvalue weighted by molar-refractivity contribution is 9.08. The van der Waals surface area contributed by atoms with Crippen molar-refractivity contribution in [2.24, 2.45) is 7.05 Å². The molecule has 100 valence electrons. The Hall–Kier alpha value is -1.34. The number of aryl methyl sites for hydroxylation is 1. The second-order valence-corrected chi connectivity index (χ2v) is 5.88. The molecule has 0 aliphatic carbocycles. The summed E-state index contributed by atoms with van der Waals surface area (Å²) < 4.78 is 3.95. The minimum absolute atomic E-state index is 0.789. The molecule has 0 amide bonds. The number of hydrogen-bond donors (Lipinski definition) is 0. The standard InChI is InChI=1S/C12H14BrN5S/c1-16(7-9-6-14-17(2)8-9)11-10(5-13)18-3-4-19-12(18)15-11/h3-4,6,8H,5,7H2,1-2H3. The fourth-order valence-corrected chi connectivity index (χ4v) is 3.40. The summed E-state index contributed by atoms with van der Waals surface area (Å²) in [5.41, 5.74) is 2.37. The molecule has 0 aromatic carbocycles. The molecule has 0 radical (unpaired) electrons. The van der Waals surface area contributed by atoms with E-state index in [-0.39, 0.29) is 0 Å². The lowest BCUT2D eigenvalue weighted by Gasteiger charge is -2.16. The number of nitrogens with zero attached hydrogens (tertiary/aromatic N) is 5. The van der Waals surface area contributed by atoms with Gasteiger partial charge >= 0.3 is 0 Å². The molecule has 0 unspecified atom stereocenters. The number of halogens is 1. The monoisotopic (exact) mass is 339 g/mol. The van der Waals surface area contributed by atoms with E-state index in [1.54, 1.807) is 11.3 Å². The lowest BCUT2D eigenvalue weighted by Crippen LogP contribution is -2.18. The predicted molar refractivity (Wildman–Crippen MR) is 81.0 cm³/mol. The van der Waals surface area contributed by atoms with Gasteiger partial charge in [-0.1, -0.05) is 15.9 Å². The first kappa shape index (κ1) is 12.7. The van der Waals surface area contributed by atoms with Gasteiger partial charge in [-0.05, 0) is 0 Å². The summed E-state index contributed by atoms with van der Waals surface area (Å²) in [6, 6.07) is 0. The Bertz CT molecular complexity index is 698. The van der Waals surface area contributed by atoms with E-state index in [0.29, 0.717) is 0 Å². The normalized spacial score (nSPS) is 11.3. The van der Waals surface area contributed by atoms with E-state index in [1.165, 1.54) is 11.3 Å². The summed E-state index contributed by atoms with van der Waals surface area (Å²) in [7, 11) is 3.99. The molecule has 3 heterocycles. The second kappa shape index (κ2) is 4.97. The van der Waals surface area contributed by atoms with Crippen LogP contribution in [0.2, 0.25) is 0 Å². The van der Waals surface area contributed by atoms with Crippen molar-refractivity contribution in [3.63, 3.8) is 0 Å². The topological polar surface area (TPSA) is 38.4 Å². The van der Waals surface area contributed by atoms with E-state index >= 15 is 0 Å². The number of imidazole rings is 1. The molecule has 0 spiro atoms. The third-order valence-electron chi connectivity index (χ3n) is 3.01. The van der Waals surface area contributed by atoms with Crippen LogP contribution in [0.5, 0.6) is 0 Å². The number of alkyl halides is 1. The van der Waals surface area contributed by atoms with Crippen molar-refractivity contribution in [1.29, 1.82) is 0 Å². The largest absolute Gasteiger partial charge is 0.354 e. The average molecular weight is 340 g/mol. The molecule has 3 aromatic heterocycles. The zero-order valence-electron chi connectivity index (χ0n) is 10.7. The molecule has 0 aliphatic rings. The Morgan fingerprint density at radius 1 is 1.47 bits per heavy atom. The zero-order valence-corrected chi connectivity index (χ0v) is 13.1. The highest BCUT2D eigenvalue weighted by atomic mass is 79.9. The molecule has 3 rings (SSSR count). The fourth-order valence-electron chi connectivity index (χ4n) is 2.15. The molecular weight excluding hydrogens is 326 g/mol. The van der Waals surface area contributed by atoms with E-state index in [9.17, 15) is 0 Å². The summed E-state index contributed by atoms with van der Waals surface area (Å²) in [5, 5.41) is 7.04. The maximum Gasteiger partial charge on any atom is 0.195 e. The number of aromatic nitrogens is 4. The molecule has 19 heavy (non-hydrogen) atoms. The smallest absolute Gasteiger partial charge is 0.195 e. The third kappa shape index (κ3) is 2.28. The Morgan fingerprint density at radius 3 is 3.00 bits per heavy atom. The Morgan fingerprint density at radius 2 is 2.32 bits per heavy atom. The van der Waals surface area contributed by atoms with Gasteiger partial charge in [0.2, 0.25) is 0 Å². The summed E-state index contributed by atoms with van der Waals surface area (Å²) in [6.07, 6.45) is 5.98. The summed E-state index contributed by atoms with van der Waals surface area (Å²) in [4.78, 5) is 7.89. The Labute approximate surface area is 123 Å². The van der Waals surface area contributed by atoms with Gasteiger partial charge in [-0.15, -0.1) is 11.3 Å². The Balaban J connectivity index is 1.92. The first-order valence-electron chi connectivity index (χ1n) is 5.88. The summed E-state index contributed by atoms with van der Waals surface area (Å²) in [6.45, 7) is 0.804. The van der Waals surface area contributed by atoms with Gasteiger partial charge in [0.1, 0.15) is 0 Å². The molecule has 3 aromatic rings. The van der Waals surface area contributed by atoms with Crippen LogP contribution in [0.15, 0.2) is 24.0 Å². The molecule has 0 aliphatic heterocycles. The molecule has 0 fully saturated rings. The molecule has 0 N–H and O–H groups in total. The van der Waals surface area contributed by atoms with Crippen LogP contribution in [0.4, 0.5) is 5.82 Å². The van der Waals surface area contributed by atoms with Gasteiger partial charge in [0.25, 0.3) is 0 Å². The van der Waals surface area contributed by atoms with E-state index < -0.39 is 0 Å². The quantitative estimate of drug-likeness (QED) is 0.686. The van der Waals surface area contributed by atoms with Crippen LogP contribution < -0.4 is 4.90 Å². The van der Waals surface area contributed by atoms with Crippen LogP contribution in [-0.2, 0) is 18.9 Å². The molecule has 0 bridgehead atoms. The van der Waals surface area contributed by atoms with Gasteiger partial charge in [-0.3, -0.25) is 9.08 Å². The first-order chi connectivity index (χ1) is 9.19. The van der Waals surface area contributed by atoms with E-state index in [0.717, 1.165) is 22.7 Å². The maximum absolute atomic E-state index is 4.70. The van der Waals surface area contributed by atoms with Gasteiger partial charge < -0.3 is 4.90 Å². The lowest BCUT2D eigenvalue weighted by atomic mass is 10.3. The molecule has 0 saturated heterocycles. The van der Waals surface area contributed by atoms with Gasteiger partial charge in [0.15, 0.2) is 10.8 Å². The minimum Gasteiger partial charge on any atom is -0.354 e. The molecule has 0 saturated carbocycles. The van der Waals surface area contributed by atoms with Gasteiger partial charge in [0, 0.05) is 49.3 Å². The number of hydrogen-bond acceptors (Lipinski definition) is 4. The minimum atomic E-state index is 0.789. The van der Waals surface area contributed by atoms with E-state index in [4.69, 9.17) is 4.98 Å². The van der Waals surface area contributed by atoms with Crippen LogP contribution in [-0.4, -0.2) is 26.2 Å². The van der Waals surface area contributed by atoms with Crippen molar-refractivity contribution in [3.05, 3.63) is 35.2 Å². The highest BCUT2D eigenvalue weighted by Gasteiger charge is 2.16. The van der Waals surface area contributed by atoms with Crippen molar-refractivity contribution >= 4 is 38.0 Å². The summed E-state index contributed by atoms with van der Waals surface area (Å²) >= 11 is 5.21. The predicted octanol–water partition coefficient (Wildman–Crippen LogP) is 2.66. The Kier molecular flexibility index (Phi) is 3.32. The van der Waals surface area contributed by atoms with Crippen molar-refractivity contribution in [3.8, 4) is 0 Å². The van der Waals surface area contributed by atoms with Crippen molar-refractivity contribution in [2.75, 3.05) is 11.9 Å². The van der Waals surface area contributed by atoms with Crippen LogP contribution in [0.25, 0.3) is 4.96 Å². The number of fused-ring (bicyclic) bond motifs is 1. The number of thiazole rings is 1. The summed E-state index contributed by atoms with van der Waals surface area (Å²) in [5.74, 6) is 1.02. The average Bonchev–Trinajstić information content (AvgIpc) is 3.03. The zero-order chi connectivity index (χ0) is 13.4. The van der Waals surface area contributed by atoms with Crippen molar-refractivity contribution < 1.29 is 0 Å². The van der Waals surface area contributed by atoms with Crippen LogP contribution in [0, 0.1) is 0 Å². The third-order valence-corrected chi connectivity index (χ3v) is 4.29. The molecule has 7 heteroatoms. The van der Waals surface area contributed by atoms with Gasteiger partial charge in [-0.25, -0.2) is 4.98 Å². The molecule has 5 nitrogen and oxygen atoms in total. The highest BCUT2D eigenvalue weighted by Crippen LogP contribution is 2.26. The molecule has 0 atom stereocenters. The maximum atomic E-state index is 4.70.